The summed E-state index contributed by atoms with van der Waals surface area (Å²) in [4.78, 5) is 27.1. The maximum atomic E-state index is 9.19. The fourth-order valence-corrected chi connectivity index (χ4v) is 6.55. The van der Waals surface area contributed by atoms with E-state index in [1.54, 1.807) is 37.1 Å². The SMILES string of the molecule is CN1CC[C@@H](COc2cccc(-c3cccc4c3CCN4c3ncnc4cc(CN=C(NC#N)Nc5ccncc5)cnc34)c2Cl)C1. The van der Waals surface area contributed by atoms with Gasteiger partial charge in [0.1, 0.15) is 17.6 Å². The van der Waals surface area contributed by atoms with Crippen molar-refractivity contribution in [1.82, 2.24) is 30.2 Å². The van der Waals surface area contributed by atoms with E-state index >= 15 is 0 Å². The quantitative estimate of drug-likeness (QED) is 0.0925. The first-order valence-corrected chi connectivity index (χ1v) is 15.9. The number of nitriles is 1. The fraction of sp³-hybridized carbons (Fsp3) is 0.257. The summed E-state index contributed by atoms with van der Waals surface area (Å²) < 4.78 is 6.24. The van der Waals surface area contributed by atoms with Crippen LogP contribution >= 0.6 is 11.6 Å². The highest BCUT2D eigenvalue weighted by molar-refractivity contribution is 6.35. The molecule has 0 aliphatic carbocycles. The molecular formula is C35H33ClN10O. The van der Waals surface area contributed by atoms with E-state index in [0.29, 0.717) is 41.1 Å². The molecule has 0 spiro atoms. The van der Waals surface area contributed by atoms with Gasteiger partial charge in [0.25, 0.3) is 0 Å². The van der Waals surface area contributed by atoms with Gasteiger partial charge in [0.15, 0.2) is 12.0 Å². The lowest BCUT2D eigenvalue weighted by atomic mass is 9.97. The van der Waals surface area contributed by atoms with Crippen molar-refractivity contribution >= 4 is 45.8 Å². The van der Waals surface area contributed by atoms with E-state index in [-0.39, 0.29) is 0 Å². The minimum Gasteiger partial charge on any atom is -0.492 e. The van der Waals surface area contributed by atoms with E-state index in [1.165, 1.54) is 5.56 Å². The third kappa shape index (κ3) is 6.52. The van der Waals surface area contributed by atoms with Gasteiger partial charge in [0.05, 0.1) is 23.7 Å². The van der Waals surface area contributed by atoms with Gasteiger partial charge in [-0.1, -0.05) is 35.9 Å². The van der Waals surface area contributed by atoms with Gasteiger partial charge in [0, 0.05) is 54.5 Å². The summed E-state index contributed by atoms with van der Waals surface area (Å²) >= 11 is 6.99. The van der Waals surface area contributed by atoms with E-state index in [9.17, 15) is 5.26 Å². The highest BCUT2D eigenvalue weighted by Crippen LogP contribution is 2.44. The summed E-state index contributed by atoms with van der Waals surface area (Å²) in [6.07, 6.45) is 10.6. The predicted molar refractivity (Wildman–Crippen MR) is 184 cm³/mol. The number of nitrogens with one attached hydrogen (secondary N) is 2. The molecule has 7 rings (SSSR count). The number of fused-ring (bicyclic) bond motifs is 2. The molecule has 2 aliphatic rings. The minimum absolute atomic E-state index is 0.293. The molecule has 0 amide bonds. The summed E-state index contributed by atoms with van der Waals surface area (Å²) in [5.41, 5.74) is 7.36. The van der Waals surface area contributed by atoms with Crippen LogP contribution in [-0.2, 0) is 13.0 Å². The zero-order chi connectivity index (χ0) is 32.2. The predicted octanol–water partition coefficient (Wildman–Crippen LogP) is 5.80. The van der Waals surface area contributed by atoms with Crippen LogP contribution in [0, 0.1) is 17.4 Å². The van der Waals surface area contributed by atoms with Crippen LogP contribution in [0.2, 0.25) is 5.02 Å². The molecule has 236 valence electrons. The number of likely N-dealkylation sites (tertiary alicyclic amines) is 1. The number of aliphatic imine (C=N–C) groups is 1. The second kappa shape index (κ2) is 13.6. The van der Waals surface area contributed by atoms with Crippen molar-refractivity contribution in [2.24, 2.45) is 10.9 Å². The molecule has 1 fully saturated rings. The Balaban J connectivity index is 1.13. The number of hydrogen-bond acceptors (Lipinski definition) is 9. The number of guanidine groups is 1. The molecule has 0 saturated carbocycles. The van der Waals surface area contributed by atoms with E-state index < -0.39 is 0 Å². The van der Waals surface area contributed by atoms with E-state index in [1.807, 2.05) is 24.4 Å². The lowest BCUT2D eigenvalue weighted by Crippen LogP contribution is -2.26. The molecule has 2 aliphatic heterocycles. The van der Waals surface area contributed by atoms with Crippen LogP contribution in [0.5, 0.6) is 5.75 Å². The highest BCUT2D eigenvalue weighted by Gasteiger charge is 2.27. The molecule has 12 heteroatoms. The molecule has 47 heavy (non-hydrogen) atoms. The first kappa shape index (κ1) is 30.3. The number of hydrogen-bond donors (Lipinski definition) is 2. The normalized spacial score (nSPS) is 16.2. The van der Waals surface area contributed by atoms with Crippen LogP contribution in [0.15, 0.2) is 84.5 Å². The van der Waals surface area contributed by atoms with Crippen LogP contribution in [-0.4, -0.2) is 64.1 Å². The summed E-state index contributed by atoms with van der Waals surface area (Å²) in [6, 6.07) is 17.9. The Morgan fingerprint density at radius 2 is 1.94 bits per heavy atom. The van der Waals surface area contributed by atoms with Gasteiger partial charge in [-0.25, -0.2) is 15.0 Å². The Kier molecular flexibility index (Phi) is 8.77. The zero-order valence-electron chi connectivity index (χ0n) is 25.9. The van der Waals surface area contributed by atoms with Gasteiger partial charge in [-0.2, -0.15) is 5.26 Å². The molecule has 0 bridgehead atoms. The number of benzene rings is 2. The molecule has 2 N–H and O–H groups in total. The second-order valence-electron chi connectivity index (χ2n) is 11.7. The third-order valence-corrected chi connectivity index (χ3v) is 8.94. The smallest absolute Gasteiger partial charge is 0.209 e. The lowest BCUT2D eigenvalue weighted by molar-refractivity contribution is 0.249. The number of rotatable bonds is 8. The van der Waals surface area contributed by atoms with Crippen LogP contribution < -0.4 is 20.3 Å². The highest BCUT2D eigenvalue weighted by atomic mass is 35.5. The van der Waals surface area contributed by atoms with Crippen molar-refractivity contribution in [3.8, 4) is 23.1 Å². The average Bonchev–Trinajstić information content (AvgIpc) is 3.73. The molecule has 1 atom stereocenters. The maximum Gasteiger partial charge on any atom is 0.209 e. The number of halogens is 1. The summed E-state index contributed by atoms with van der Waals surface area (Å²) in [7, 11) is 2.15. The Labute approximate surface area is 277 Å². The average molecular weight is 645 g/mol. The van der Waals surface area contributed by atoms with Gasteiger partial charge < -0.3 is 19.9 Å². The Morgan fingerprint density at radius 1 is 1.09 bits per heavy atom. The monoisotopic (exact) mass is 644 g/mol. The molecule has 2 aromatic carbocycles. The van der Waals surface area contributed by atoms with Gasteiger partial charge in [-0.3, -0.25) is 15.3 Å². The standard InChI is InChI=1S/C35H33ClN10O/c1-45-14-10-23(19-45)20-47-31-7-3-5-28(32(31)36)26-4-2-6-30-27(26)11-15-46(30)34-33-29(42-22-43-34)16-24(17-39-33)18-40-35(41-21-37)44-25-8-12-38-13-9-25/h2-9,12-13,16-17,22-23H,10-11,14-15,18-20H2,1H3,(H2,38,40,41,44)/t23-/m1/s1. The van der Waals surface area contributed by atoms with Gasteiger partial charge >= 0.3 is 0 Å². The fourth-order valence-electron chi connectivity index (χ4n) is 6.27. The largest absolute Gasteiger partial charge is 0.492 e. The number of ether oxygens (including phenoxy) is 1. The van der Waals surface area contributed by atoms with Crippen LogP contribution in [0.3, 0.4) is 0 Å². The van der Waals surface area contributed by atoms with E-state index in [4.69, 9.17) is 21.3 Å². The van der Waals surface area contributed by atoms with Crippen molar-refractivity contribution < 1.29 is 4.74 Å². The van der Waals surface area contributed by atoms with Crippen molar-refractivity contribution in [1.29, 1.82) is 5.26 Å². The molecular weight excluding hydrogens is 612 g/mol. The Morgan fingerprint density at radius 3 is 2.77 bits per heavy atom. The minimum atomic E-state index is 0.293. The van der Waals surface area contributed by atoms with Crippen molar-refractivity contribution in [2.75, 3.05) is 43.5 Å². The van der Waals surface area contributed by atoms with Gasteiger partial charge in [-0.15, -0.1) is 0 Å². The summed E-state index contributed by atoms with van der Waals surface area (Å²) in [5, 5.41) is 15.5. The molecule has 11 nitrogen and oxygen atoms in total. The van der Waals surface area contributed by atoms with Crippen LogP contribution in [0.1, 0.15) is 17.5 Å². The first-order valence-electron chi connectivity index (χ1n) is 15.5. The number of pyridine rings is 2. The van der Waals surface area contributed by atoms with Crippen molar-refractivity contribution in [2.45, 2.75) is 19.4 Å². The van der Waals surface area contributed by atoms with Crippen LogP contribution in [0.4, 0.5) is 17.2 Å². The summed E-state index contributed by atoms with van der Waals surface area (Å²) in [5.74, 6) is 2.31. The molecule has 5 aromatic rings. The van der Waals surface area contributed by atoms with Gasteiger partial charge in [0.2, 0.25) is 5.96 Å². The van der Waals surface area contributed by atoms with Crippen molar-refractivity contribution in [3.63, 3.8) is 0 Å². The molecule has 0 radical (unpaired) electrons. The molecule has 5 heterocycles. The van der Waals surface area contributed by atoms with Gasteiger partial charge in [-0.05, 0) is 73.5 Å². The number of nitrogens with zero attached hydrogens (tertiary/aromatic N) is 8. The molecule has 3 aromatic heterocycles. The van der Waals surface area contributed by atoms with E-state index in [2.05, 4.69) is 71.7 Å². The van der Waals surface area contributed by atoms with Crippen LogP contribution in [0.25, 0.3) is 22.2 Å². The maximum absolute atomic E-state index is 9.19. The third-order valence-electron chi connectivity index (χ3n) is 8.55. The Hall–Kier alpha value is -5.31. The molecule has 1 saturated heterocycles. The second-order valence-corrected chi connectivity index (χ2v) is 12.1. The molecule has 0 unspecified atom stereocenters. The zero-order valence-corrected chi connectivity index (χ0v) is 26.7. The summed E-state index contributed by atoms with van der Waals surface area (Å²) in [6.45, 7) is 3.86. The van der Waals surface area contributed by atoms with Crippen molar-refractivity contribution in [3.05, 3.63) is 95.7 Å². The van der Waals surface area contributed by atoms with E-state index in [0.717, 1.165) is 72.1 Å². The Bertz CT molecular complexity index is 1980. The number of anilines is 3. The first-order chi connectivity index (χ1) is 23.1. The number of aromatic nitrogens is 4. The topological polar surface area (TPSA) is 127 Å². The lowest BCUT2D eigenvalue weighted by Gasteiger charge is -2.20.